The van der Waals surface area contributed by atoms with Crippen molar-refractivity contribution in [3.05, 3.63) is 24.3 Å². The van der Waals surface area contributed by atoms with E-state index in [2.05, 4.69) is 21.7 Å². The van der Waals surface area contributed by atoms with Crippen molar-refractivity contribution in [2.24, 2.45) is 0 Å². The summed E-state index contributed by atoms with van der Waals surface area (Å²) in [5, 5.41) is 9.94. The van der Waals surface area contributed by atoms with Crippen molar-refractivity contribution in [3.8, 4) is 17.1 Å². The molecule has 0 radical (unpaired) electrons. The smallest absolute Gasteiger partial charge is 0.233 e. The maximum atomic E-state index is 12.9. The van der Waals surface area contributed by atoms with E-state index in [-0.39, 0.29) is 5.91 Å². The summed E-state index contributed by atoms with van der Waals surface area (Å²) >= 11 is 1.54. The van der Waals surface area contributed by atoms with E-state index in [4.69, 9.17) is 4.74 Å². The Morgan fingerprint density at radius 3 is 2.50 bits per heavy atom. The predicted octanol–water partition coefficient (Wildman–Crippen LogP) is 4.95. The summed E-state index contributed by atoms with van der Waals surface area (Å²) < 4.78 is 7.59. The van der Waals surface area contributed by atoms with Crippen LogP contribution in [0.25, 0.3) is 11.4 Å². The van der Waals surface area contributed by atoms with Crippen molar-refractivity contribution in [3.63, 3.8) is 0 Å². The van der Waals surface area contributed by atoms with Gasteiger partial charge in [-0.1, -0.05) is 31.0 Å². The van der Waals surface area contributed by atoms with E-state index in [1.54, 1.807) is 18.9 Å². The van der Waals surface area contributed by atoms with Crippen LogP contribution in [0.4, 0.5) is 0 Å². The molecule has 1 aromatic carbocycles. The Bertz CT molecular complexity index is 845. The third-order valence-electron chi connectivity index (χ3n) is 6.40. The zero-order valence-electron chi connectivity index (χ0n) is 18.0. The first kappa shape index (κ1) is 21.2. The molecule has 1 saturated heterocycles. The monoisotopic (exact) mass is 428 g/mol. The number of benzene rings is 1. The molecule has 1 saturated carbocycles. The van der Waals surface area contributed by atoms with Gasteiger partial charge in [0.1, 0.15) is 5.75 Å². The third kappa shape index (κ3) is 4.66. The number of likely N-dealkylation sites (tertiary alicyclic amines) is 1. The Kier molecular flexibility index (Phi) is 6.97. The van der Waals surface area contributed by atoms with Gasteiger partial charge in [0.05, 0.1) is 12.9 Å². The van der Waals surface area contributed by atoms with Crippen LogP contribution in [0.1, 0.15) is 64.3 Å². The summed E-state index contributed by atoms with van der Waals surface area (Å²) in [4.78, 5) is 14.9. The first-order valence-electron chi connectivity index (χ1n) is 11.2. The molecule has 6 nitrogen and oxygen atoms in total. The summed E-state index contributed by atoms with van der Waals surface area (Å²) in [5.41, 5.74) is 1.04. The summed E-state index contributed by atoms with van der Waals surface area (Å²) in [6, 6.07) is 8.75. The molecule has 2 aromatic rings. The number of methoxy groups -OCH3 is 1. The number of aromatic nitrogens is 3. The number of hydrogen-bond donors (Lipinski definition) is 0. The second-order valence-corrected chi connectivity index (χ2v) is 9.36. The standard InChI is InChI=1S/C23H32N4O2S/c1-17-8-6-7-15-26(17)21(28)16-30-23-25-24-22(18-11-13-20(29-2)14-12-18)27(23)19-9-4-3-5-10-19/h11-14,17,19H,3-10,15-16H2,1-2H3/t17-/m1/s1. The summed E-state index contributed by atoms with van der Waals surface area (Å²) in [6.45, 7) is 3.04. The van der Waals surface area contributed by atoms with E-state index in [0.717, 1.165) is 54.5 Å². The number of carbonyl (C=O) groups is 1. The molecule has 7 heteroatoms. The molecule has 0 bridgehead atoms. The molecule has 2 aliphatic rings. The van der Waals surface area contributed by atoms with Crippen LogP contribution in [-0.4, -0.2) is 51.0 Å². The van der Waals surface area contributed by atoms with Crippen LogP contribution in [0.5, 0.6) is 5.75 Å². The van der Waals surface area contributed by atoms with Gasteiger partial charge in [0.2, 0.25) is 5.91 Å². The van der Waals surface area contributed by atoms with E-state index in [1.807, 2.05) is 29.2 Å². The lowest BCUT2D eigenvalue weighted by Crippen LogP contribution is -2.43. The maximum Gasteiger partial charge on any atom is 0.233 e. The number of hydrogen-bond acceptors (Lipinski definition) is 5. The number of nitrogens with zero attached hydrogens (tertiary/aromatic N) is 4. The zero-order chi connectivity index (χ0) is 20.9. The zero-order valence-corrected chi connectivity index (χ0v) is 18.9. The molecule has 1 atom stereocenters. The predicted molar refractivity (Wildman–Crippen MR) is 120 cm³/mol. The summed E-state index contributed by atoms with van der Waals surface area (Å²) in [5.74, 6) is 2.37. The van der Waals surface area contributed by atoms with Crippen molar-refractivity contribution < 1.29 is 9.53 Å². The molecular weight excluding hydrogens is 396 g/mol. The average Bonchev–Trinajstić information content (AvgIpc) is 3.22. The van der Waals surface area contributed by atoms with Crippen molar-refractivity contribution in [2.75, 3.05) is 19.4 Å². The highest BCUT2D eigenvalue weighted by Gasteiger charge is 2.27. The van der Waals surface area contributed by atoms with E-state index < -0.39 is 0 Å². The molecule has 0 N–H and O–H groups in total. The van der Waals surface area contributed by atoms with Gasteiger partial charge in [-0.05, 0) is 63.3 Å². The highest BCUT2D eigenvalue weighted by atomic mass is 32.2. The van der Waals surface area contributed by atoms with Crippen LogP contribution in [0.3, 0.4) is 0 Å². The SMILES string of the molecule is COc1ccc(-c2nnc(SCC(=O)N3CCCC[C@H]3C)n2C2CCCCC2)cc1. The molecule has 1 aliphatic carbocycles. The van der Waals surface area contributed by atoms with Crippen LogP contribution in [0.15, 0.2) is 29.4 Å². The molecule has 162 valence electrons. The average molecular weight is 429 g/mol. The lowest BCUT2D eigenvalue weighted by atomic mass is 9.95. The van der Waals surface area contributed by atoms with Gasteiger partial charge >= 0.3 is 0 Å². The number of ether oxygens (including phenoxy) is 1. The molecule has 4 rings (SSSR count). The molecule has 0 spiro atoms. The second-order valence-electron chi connectivity index (χ2n) is 8.42. The largest absolute Gasteiger partial charge is 0.497 e. The van der Waals surface area contributed by atoms with Crippen molar-refractivity contribution in [1.82, 2.24) is 19.7 Å². The first-order valence-corrected chi connectivity index (χ1v) is 12.2. The van der Waals surface area contributed by atoms with E-state index in [0.29, 0.717) is 17.8 Å². The summed E-state index contributed by atoms with van der Waals surface area (Å²) in [6.07, 6.45) is 9.50. The fraction of sp³-hybridized carbons (Fsp3) is 0.609. The van der Waals surface area contributed by atoms with Gasteiger partial charge in [0.15, 0.2) is 11.0 Å². The molecule has 30 heavy (non-hydrogen) atoms. The minimum Gasteiger partial charge on any atom is -0.497 e. The number of carbonyl (C=O) groups excluding carboxylic acids is 1. The molecule has 0 unspecified atom stereocenters. The third-order valence-corrected chi connectivity index (χ3v) is 7.33. The topological polar surface area (TPSA) is 60.3 Å². The number of rotatable bonds is 6. The number of amides is 1. The Morgan fingerprint density at radius 2 is 1.80 bits per heavy atom. The lowest BCUT2D eigenvalue weighted by molar-refractivity contribution is -0.131. The van der Waals surface area contributed by atoms with Gasteiger partial charge < -0.3 is 9.64 Å². The maximum absolute atomic E-state index is 12.9. The minimum atomic E-state index is 0.219. The van der Waals surface area contributed by atoms with Crippen LogP contribution in [0, 0.1) is 0 Å². The Balaban J connectivity index is 1.55. The van der Waals surface area contributed by atoms with Gasteiger partial charge in [-0.15, -0.1) is 10.2 Å². The van der Waals surface area contributed by atoms with Crippen molar-refractivity contribution in [1.29, 1.82) is 0 Å². The molecule has 2 heterocycles. The lowest BCUT2D eigenvalue weighted by Gasteiger charge is -2.33. The van der Waals surface area contributed by atoms with Crippen LogP contribution < -0.4 is 4.74 Å². The molecular formula is C23H32N4O2S. The summed E-state index contributed by atoms with van der Waals surface area (Å²) in [7, 11) is 1.68. The Morgan fingerprint density at radius 1 is 1.07 bits per heavy atom. The molecule has 1 aliphatic heterocycles. The first-order chi connectivity index (χ1) is 14.7. The molecule has 1 amide bonds. The molecule has 1 aromatic heterocycles. The Hall–Kier alpha value is -2.02. The minimum absolute atomic E-state index is 0.219. The normalized spacial score (nSPS) is 20.3. The van der Waals surface area contributed by atoms with Crippen molar-refractivity contribution in [2.45, 2.75) is 75.5 Å². The van der Waals surface area contributed by atoms with Gasteiger partial charge in [-0.25, -0.2) is 0 Å². The van der Waals surface area contributed by atoms with Gasteiger partial charge in [-0.3, -0.25) is 9.36 Å². The van der Waals surface area contributed by atoms with Crippen LogP contribution >= 0.6 is 11.8 Å². The highest BCUT2D eigenvalue weighted by Crippen LogP contribution is 2.36. The Labute approximate surface area is 183 Å². The molecule has 2 fully saturated rings. The van der Waals surface area contributed by atoms with E-state index in [1.165, 1.54) is 25.7 Å². The van der Waals surface area contributed by atoms with Crippen molar-refractivity contribution >= 4 is 17.7 Å². The number of piperidine rings is 1. The van der Waals surface area contributed by atoms with Crippen LogP contribution in [-0.2, 0) is 4.79 Å². The van der Waals surface area contributed by atoms with E-state index in [9.17, 15) is 4.79 Å². The second kappa shape index (κ2) is 9.86. The fourth-order valence-electron chi connectivity index (χ4n) is 4.66. The van der Waals surface area contributed by atoms with Gasteiger partial charge in [-0.2, -0.15) is 0 Å². The highest BCUT2D eigenvalue weighted by molar-refractivity contribution is 7.99. The van der Waals surface area contributed by atoms with Gasteiger partial charge in [0.25, 0.3) is 0 Å². The van der Waals surface area contributed by atoms with E-state index >= 15 is 0 Å². The van der Waals surface area contributed by atoms with Crippen LogP contribution in [0.2, 0.25) is 0 Å². The number of thioether (sulfide) groups is 1. The van der Waals surface area contributed by atoms with Gasteiger partial charge in [0, 0.05) is 24.2 Å². The fourth-order valence-corrected chi connectivity index (χ4v) is 5.55. The quantitative estimate of drug-likeness (QED) is 0.609.